The summed E-state index contributed by atoms with van der Waals surface area (Å²) in [5.41, 5.74) is 0.676. The molecule has 7 heteroatoms. The highest BCUT2D eigenvalue weighted by Crippen LogP contribution is 2.17. The maximum atomic E-state index is 5.71. The van der Waals surface area contributed by atoms with Crippen molar-refractivity contribution in [2.24, 2.45) is 0 Å². The molecule has 2 aromatic rings. The third-order valence-electron chi connectivity index (χ3n) is 2.61. The van der Waals surface area contributed by atoms with Crippen molar-refractivity contribution in [2.75, 3.05) is 13.2 Å². The molecule has 0 radical (unpaired) electrons. The standard InChI is InChI=1S/C10H10ClN5O/c11-8-6-12-7(5-13-8)10-15-14-9-1-3-17-4-2-16(9)10/h5-6H,1-4H2. The number of aromatic nitrogens is 5. The molecule has 6 nitrogen and oxygen atoms in total. The highest BCUT2D eigenvalue weighted by atomic mass is 35.5. The van der Waals surface area contributed by atoms with Gasteiger partial charge in [0, 0.05) is 13.0 Å². The molecular weight excluding hydrogens is 242 g/mol. The number of hydrogen-bond acceptors (Lipinski definition) is 5. The largest absolute Gasteiger partial charge is 0.379 e. The second-order valence-corrected chi connectivity index (χ2v) is 4.07. The third kappa shape index (κ3) is 2.01. The van der Waals surface area contributed by atoms with Crippen molar-refractivity contribution < 1.29 is 4.74 Å². The number of halogens is 1. The van der Waals surface area contributed by atoms with Gasteiger partial charge in [-0.1, -0.05) is 11.6 Å². The van der Waals surface area contributed by atoms with Gasteiger partial charge in [-0.2, -0.15) is 0 Å². The Morgan fingerprint density at radius 2 is 2.12 bits per heavy atom. The highest BCUT2D eigenvalue weighted by Gasteiger charge is 2.17. The van der Waals surface area contributed by atoms with Crippen LogP contribution in [0.5, 0.6) is 0 Å². The maximum absolute atomic E-state index is 5.71. The van der Waals surface area contributed by atoms with Crippen LogP contribution in [-0.4, -0.2) is 37.9 Å². The lowest BCUT2D eigenvalue weighted by molar-refractivity contribution is 0.140. The van der Waals surface area contributed by atoms with Crippen molar-refractivity contribution in [1.82, 2.24) is 24.7 Å². The zero-order valence-electron chi connectivity index (χ0n) is 9.01. The first-order chi connectivity index (χ1) is 8.34. The number of rotatable bonds is 1. The molecule has 0 spiro atoms. The van der Waals surface area contributed by atoms with Crippen molar-refractivity contribution in [3.8, 4) is 11.5 Å². The van der Waals surface area contributed by atoms with Crippen molar-refractivity contribution in [1.29, 1.82) is 0 Å². The van der Waals surface area contributed by atoms with E-state index < -0.39 is 0 Å². The summed E-state index contributed by atoms with van der Waals surface area (Å²) >= 11 is 5.71. The zero-order chi connectivity index (χ0) is 11.7. The number of nitrogens with zero attached hydrogens (tertiary/aromatic N) is 5. The van der Waals surface area contributed by atoms with E-state index in [0.29, 0.717) is 24.1 Å². The van der Waals surface area contributed by atoms with Crippen LogP contribution in [0.15, 0.2) is 12.4 Å². The van der Waals surface area contributed by atoms with Gasteiger partial charge < -0.3 is 9.30 Å². The minimum Gasteiger partial charge on any atom is -0.379 e. The number of fused-ring (bicyclic) bond motifs is 1. The summed E-state index contributed by atoms with van der Waals surface area (Å²) in [6, 6.07) is 0. The molecular formula is C10H10ClN5O. The minimum atomic E-state index is 0.368. The number of hydrogen-bond donors (Lipinski definition) is 0. The van der Waals surface area contributed by atoms with Gasteiger partial charge in [0.25, 0.3) is 0 Å². The predicted octanol–water partition coefficient (Wildman–Crippen LogP) is 0.961. The van der Waals surface area contributed by atoms with Gasteiger partial charge >= 0.3 is 0 Å². The quantitative estimate of drug-likeness (QED) is 0.755. The van der Waals surface area contributed by atoms with Gasteiger partial charge in [-0.05, 0) is 0 Å². The molecule has 0 saturated carbocycles. The van der Waals surface area contributed by atoms with Crippen LogP contribution in [0.4, 0.5) is 0 Å². The molecule has 0 saturated heterocycles. The monoisotopic (exact) mass is 251 g/mol. The summed E-state index contributed by atoms with van der Waals surface area (Å²) in [6.07, 6.45) is 3.88. The van der Waals surface area contributed by atoms with E-state index >= 15 is 0 Å². The van der Waals surface area contributed by atoms with E-state index in [1.54, 1.807) is 6.20 Å². The van der Waals surface area contributed by atoms with E-state index in [2.05, 4.69) is 20.2 Å². The van der Waals surface area contributed by atoms with Gasteiger partial charge in [-0.15, -0.1) is 10.2 Å². The van der Waals surface area contributed by atoms with Crippen LogP contribution in [0.3, 0.4) is 0 Å². The molecule has 2 aromatic heterocycles. The Morgan fingerprint density at radius 1 is 1.18 bits per heavy atom. The van der Waals surface area contributed by atoms with Crippen LogP contribution in [0.1, 0.15) is 5.82 Å². The first kappa shape index (κ1) is 10.6. The number of ether oxygens (including phenoxy) is 1. The molecule has 0 aliphatic carbocycles. The van der Waals surface area contributed by atoms with Crippen molar-refractivity contribution in [3.05, 3.63) is 23.4 Å². The second kappa shape index (κ2) is 4.38. The van der Waals surface area contributed by atoms with Crippen LogP contribution >= 0.6 is 11.6 Å². The van der Waals surface area contributed by atoms with E-state index in [1.807, 2.05) is 4.57 Å². The van der Waals surface area contributed by atoms with Gasteiger partial charge in [0.15, 0.2) is 5.82 Å². The molecule has 0 unspecified atom stereocenters. The summed E-state index contributed by atoms with van der Waals surface area (Å²) in [6.45, 7) is 2.09. The SMILES string of the molecule is Clc1cnc(-c2nnc3n2CCOCC3)cn1. The second-order valence-electron chi connectivity index (χ2n) is 3.68. The first-order valence-corrected chi connectivity index (χ1v) is 5.70. The molecule has 0 N–H and O–H groups in total. The Balaban J connectivity index is 2.03. The van der Waals surface area contributed by atoms with Gasteiger partial charge in [0.1, 0.15) is 16.7 Å². The molecule has 1 aliphatic rings. The van der Waals surface area contributed by atoms with Crippen LogP contribution in [-0.2, 0) is 17.7 Å². The van der Waals surface area contributed by atoms with Gasteiger partial charge in [0.2, 0.25) is 0 Å². The molecule has 3 heterocycles. The lowest BCUT2D eigenvalue weighted by atomic mass is 10.4. The molecule has 17 heavy (non-hydrogen) atoms. The topological polar surface area (TPSA) is 65.7 Å². The highest BCUT2D eigenvalue weighted by molar-refractivity contribution is 6.29. The lowest BCUT2D eigenvalue weighted by Crippen LogP contribution is -2.06. The van der Waals surface area contributed by atoms with Crippen LogP contribution < -0.4 is 0 Å². The van der Waals surface area contributed by atoms with Crippen LogP contribution in [0.2, 0.25) is 5.15 Å². The Bertz CT molecular complexity index is 524. The zero-order valence-corrected chi connectivity index (χ0v) is 9.76. The van der Waals surface area contributed by atoms with E-state index in [1.165, 1.54) is 6.20 Å². The van der Waals surface area contributed by atoms with Gasteiger partial charge in [-0.3, -0.25) is 0 Å². The normalized spacial score (nSPS) is 15.4. The molecule has 88 valence electrons. The smallest absolute Gasteiger partial charge is 0.184 e. The fourth-order valence-electron chi connectivity index (χ4n) is 1.79. The molecule has 0 aromatic carbocycles. The summed E-state index contributed by atoms with van der Waals surface area (Å²) in [4.78, 5) is 8.20. The van der Waals surface area contributed by atoms with Gasteiger partial charge in [0.05, 0.1) is 25.6 Å². The van der Waals surface area contributed by atoms with Gasteiger partial charge in [-0.25, -0.2) is 9.97 Å². The third-order valence-corrected chi connectivity index (χ3v) is 2.80. The molecule has 3 rings (SSSR count). The fourth-order valence-corrected chi connectivity index (χ4v) is 1.89. The Morgan fingerprint density at radius 3 is 2.94 bits per heavy atom. The molecule has 1 aliphatic heterocycles. The average molecular weight is 252 g/mol. The Kier molecular flexibility index (Phi) is 2.74. The summed E-state index contributed by atoms with van der Waals surface area (Å²) in [7, 11) is 0. The van der Waals surface area contributed by atoms with Crippen molar-refractivity contribution in [3.63, 3.8) is 0 Å². The van der Waals surface area contributed by atoms with Crippen molar-refractivity contribution >= 4 is 11.6 Å². The lowest BCUT2D eigenvalue weighted by Gasteiger charge is -2.05. The van der Waals surface area contributed by atoms with E-state index in [-0.39, 0.29) is 0 Å². The summed E-state index contributed by atoms with van der Waals surface area (Å²) in [5, 5.41) is 8.67. The van der Waals surface area contributed by atoms with Crippen molar-refractivity contribution in [2.45, 2.75) is 13.0 Å². The molecule has 0 fully saturated rings. The van der Waals surface area contributed by atoms with E-state index in [9.17, 15) is 0 Å². The van der Waals surface area contributed by atoms with Crippen LogP contribution in [0.25, 0.3) is 11.5 Å². The molecule has 0 atom stereocenters. The fraction of sp³-hybridized carbons (Fsp3) is 0.400. The Hall–Kier alpha value is -1.53. The van der Waals surface area contributed by atoms with E-state index in [4.69, 9.17) is 16.3 Å². The summed E-state index contributed by atoms with van der Waals surface area (Å²) < 4.78 is 7.42. The average Bonchev–Trinajstić information content (AvgIpc) is 2.60. The molecule has 0 amide bonds. The first-order valence-electron chi connectivity index (χ1n) is 5.32. The summed E-state index contributed by atoms with van der Waals surface area (Å²) in [5.74, 6) is 1.64. The molecule has 0 bridgehead atoms. The van der Waals surface area contributed by atoms with E-state index in [0.717, 1.165) is 24.6 Å². The minimum absolute atomic E-state index is 0.368. The maximum Gasteiger partial charge on any atom is 0.184 e. The van der Waals surface area contributed by atoms with Crippen LogP contribution in [0, 0.1) is 0 Å². The Labute approximate surface area is 103 Å². The predicted molar refractivity (Wildman–Crippen MR) is 60.6 cm³/mol.